The maximum atomic E-state index is 6.70. The Morgan fingerprint density at radius 3 is 2.69 bits per heavy atom. The molecule has 0 aliphatic rings. The van der Waals surface area contributed by atoms with Gasteiger partial charge in [0.15, 0.2) is 0 Å². The van der Waals surface area contributed by atoms with E-state index in [1.54, 1.807) is 0 Å². The summed E-state index contributed by atoms with van der Waals surface area (Å²) in [5.41, 5.74) is 5.28. The zero-order valence-corrected chi connectivity index (χ0v) is 7.62. The number of rotatable bonds is 4. The number of nitrogens with zero attached hydrogens (tertiary/aromatic N) is 1. The van der Waals surface area contributed by atoms with Gasteiger partial charge in [-0.2, -0.15) is 5.10 Å². The van der Waals surface area contributed by atoms with Crippen LogP contribution in [0.5, 0.6) is 0 Å². The molecule has 68 valence electrons. The van der Waals surface area contributed by atoms with E-state index < -0.39 is 0 Å². The van der Waals surface area contributed by atoms with Crippen molar-refractivity contribution in [2.45, 2.75) is 13.5 Å². The van der Waals surface area contributed by atoms with E-state index in [0.717, 1.165) is 6.21 Å². The minimum Gasteiger partial charge on any atom is -0.307 e. The Balaban J connectivity index is 2.41. The van der Waals surface area contributed by atoms with Crippen molar-refractivity contribution in [3.05, 3.63) is 35.4 Å². The summed E-state index contributed by atoms with van der Waals surface area (Å²) in [5, 5.41) is 10.5. The standard InChI is InChI=1S/C10H13N3/c1-9-2-4-10(5-3-9)8-13-12-7-6-11/h2-7,11,13H,8H2,1H3. The van der Waals surface area contributed by atoms with Crippen LogP contribution in [-0.2, 0) is 6.54 Å². The van der Waals surface area contributed by atoms with Gasteiger partial charge in [0.1, 0.15) is 0 Å². The Kier molecular flexibility index (Phi) is 3.70. The molecular weight excluding hydrogens is 162 g/mol. The lowest BCUT2D eigenvalue weighted by Crippen LogP contribution is -2.05. The van der Waals surface area contributed by atoms with E-state index in [-0.39, 0.29) is 0 Å². The Labute approximate surface area is 78.0 Å². The molecule has 2 N–H and O–H groups in total. The molecule has 0 spiro atoms. The summed E-state index contributed by atoms with van der Waals surface area (Å²) in [4.78, 5) is 0. The van der Waals surface area contributed by atoms with Gasteiger partial charge in [-0.1, -0.05) is 29.8 Å². The van der Waals surface area contributed by atoms with E-state index in [2.05, 4.69) is 41.7 Å². The predicted octanol–water partition coefficient (Wildman–Crippen LogP) is 1.72. The summed E-state index contributed by atoms with van der Waals surface area (Å²) in [7, 11) is 0. The Morgan fingerprint density at radius 1 is 1.38 bits per heavy atom. The molecule has 1 rings (SSSR count). The molecule has 3 heteroatoms. The second-order valence-corrected chi connectivity index (χ2v) is 2.77. The summed E-state index contributed by atoms with van der Waals surface area (Å²) in [6, 6.07) is 8.25. The second kappa shape index (κ2) is 5.09. The summed E-state index contributed by atoms with van der Waals surface area (Å²) < 4.78 is 0. The average molecular weight is 175 g/mol. The van der Waals surface area contributed by atoms with Gasteiger partial charge in [0.05, 0.1) is 12.8 Å². The summed E-state index contributed by atoms with van der Waals surface area (Å²) in [6.45, 7) is 2.76. The number of hydrogen-bond acceptors (Lipinski definition) is 3. The lowest BCUT2D eigenvalue weighted by Gasteiger charge is -2.00. The van der Waals surface area contributed by atoms with Gasteiger partial charge in [0.25, 0.3) is 0 Å². The van der Waals surface area contributed by atoms with Crippen LogP contribution in [0, 0.1) is 12.3 Å². The SMILES string of the molecule is Cc1ccc(CNN=CC=N)cc1. The molecule has 0 aliphatic carbocycles. The molecule has 0 bridgehead atoms. The molecule has 1 aromatic rings. The molecule has 0 aromatic heterocycles. The zero-order chi connectivity index (χ0) is 9.52. The molecule has 0 fully saturated rings. The largest absolute Gasteiger partial charge is 0.307 e. The van der Waals surface area contributed by atoms with Gasteiger partial charge < -0.3 is 10.8 Å². The van der Waals surface area contributed by atoms with Crippen LogP contribution in [-0.4, -0.2) is 12.4 Å². The molecule has 1 aromatic carbocycles. The first-order chi connectivity index (χ1) is 6.33. The van der Waals surface area contributed by atoms with Crippen LogP contribution in [0.15, 0.2) is 29.4 Å². The highest BCUT2D eigenvalue weighted by molar-refractivity contribution is 6.14. The molecule has 0 aliphatic heterocycles. The molecule has 3 nitrogen and oxygen atoms in total. The molecule has 0 unspecified atom stereocenters. The summed E-state index contributed by atoms with van der Waals surface area (Å²) in [6.07, 6.45) is 2.55. The van der Waals surface area contributed by atoms with Gasteiger partial charge in [-0.15, -0.1) is 0 Å². The van der Waals surface area contributed by atoms with Crippen LogP contribution < -0.4 is 5.43 Å². The Hall–Kier alpha value is -1.64. The third kappa shape index (κ3) is 3.51. The molecule has 0 heterocycles. The van der Waals surface area contributed by atoms with Crippen molar-refractivity contribution >= 4 is 12.4 Å². The highest BCUT2D eigenvalue weighted by Crippen LogP contribution is 2.01. The fourth-order valence-corrected chi connectivity index (χ4v) is 0.933. The van der Waals surface area contributed by atoms with Crippen LogP contribution in [0.25, 0.3) is 0 Å². The number of benzene rings is 1. The average Bonchev–Trinajstić information content (AvgIpc) is 2.15. The lowest BCUT2D eigenvalue weighted by atomic mass is 10.1. The van der Waals surface area contributed by atoms with Crippen LogP contribution in [0.4, 0.5) is 0 Å². The number of hydrogen-bond donors (Lipinski definition) is 2. The monoisotopic (exact) mass is 175 g/mol. The third-order valence-corrected chi connectivity index (χ3v) is 1.64. The Bertz CT molecular complexity index is 288. The van der Waals surface area contributed by atoms with Gasteiger partial charge in [-0.3, -0.25) is 0 Å². The number of nitrogens with one attached hydrogen (secondary N) is 2. The van der Waals surface area contributed by atoms with E-state index in [4.69, 9.17) is 5.41 Å². The molecule has 13 heavy (non-hydrogen) atoms. The van der Waals surface area contributed by atoms with Crippen molar-refractivity contribution in [3.63, 3.8) is 0 Å². The fourth-order valence-electron chi connectivity index (χ4n) is 0.933. The molecule has 0 saturated carbocycles. The smallest absolute Gasteiger partial charge is 0.0643 e. The van der Waals surface area contributed by atoms with Gasteiger partial charge in [-0.05, 0) is 12.5 Å². The Morgan fingerprint density at radius 2 is 2.08 bits per heavy atom. The van der Waals surface area contributed by atoms with Crippen LogP contribution in [0.2, 0.25) is 0 Å². The quantitative estimate of drug-likeness (QED) is 0.531. The lowest BCUT2D eigenvalue weighted by molar-refractivity contribution is 0.749. The first-order valence-corrected chi connectivity index (χ1v) is 4.13. The second-order valence-electron chi connectivity index (χ2n) is 2.77. The maximum Gasteiger partial charge on any atom is 0.0643 e. The highest BCUT2D eigenvalue weighted by atomic mass is 15.3. The normalized spacial score (nSPS) is 10.2. The molecule has 0 atom stereocenters. The van der Waals surface area contributed by atoms with E-state index >= 15 is 0 Å². The third-order valence-electron chi connectivity index (χ3n) is 1.64. The summed E-state index contributed by atoms with van der Waals surface area (Å²) in [5.74, 6) is 0. The first kappa shape index (κ1) is 9.45. The van der Waals surface area contributed by atoms with E-state index in [9.17, 15) is 0 Å². The van der Waals surface area contributed by atoms with Gasteiger partial charge >= 0.3 is 0 Å². The van der Waals surface area contributed by atoms with Crippen molar-refractivity contribution in [2.24, 2.45) is 5.10 Å². The van der Waals surface area contributed by atoms with Crippen molar-refractivity contribution in [2.75, 3.05) is 0 Å². The molecule has 0 radical (unpaired) electrons. The minimum absolute atomic E-state index is 0.699. The topological polar surface area (TPSA) is 48.2 Å². The van der Waals surface area contributed by atoms with Crippen molar-refractivity contribution in [1.29, 1.82) is 5.41 Å². The maximum absolute atomic E-state index is 6.70. The predicted molar refractivity (Wildman–Crippen MR) is 55.3 cm³/mol. The minimum atomic E-state index is 0.699. The van der Waals surface area contributed by atoms with Crippen molar-refractivity contribution in [1.82, 2.24) is 5.43 Å². The van der Waals surface area contributed by atoms with Crippen molar-refractivity contribution in [3.8, 4) is 0 Å². The van der Waals surface area contributed by atoms with Crippen LogP contribution in [0.1, 0.15) is 11.1 Å². The fraction of sp³-hybridized carbons (Fsp3) is 0.200. The van der Waals surface area contributed by atoms with Crippen molar-refractivity contribution < 1.29 is 0 Å². The van der Waals surface area contributed by atoms with Gasteiger partial charge in [0.2, 0.25) is 0 Å². The van der Waals surface area contributed by atoms with E-state index in [1.165, 1.54) is 17.3 Å². The molecular formula is C10H13N3. The van der Waals surface area contributed by atoms with Crippen LogP contribution >= 0.6 is 0 Å². The first-order valence-electron chi connectivity index (χ1n) is 4.13. The van der Waals surface area contributed by atoms with E-state index in [1.807, 2.05) is 0 Å². The van der Waals surface area contributed by atoms with Gasteiger partial charge in [0, 0.05) is 6.21 Å². The van der Waals surface area contributed by atoms with Crippen LogP contribution in [0.3, 0.4) is 0 Å². The van der Waals surface area contributed by atoms with E-state index in [0.29, 0.717) is 6.54 Å². The highest BCUT2D eigenvalue weighted by Gasteiger charge is 1.88. The molecule has 0 amide bonds. The molecule has 0 saturated heterocycles. The number of hydrazone groups is 1. The zero-order valence-electron chi connectivity index (χ0n) is 7.62. The summed E-state index contributed by atoms with van der Waals surface area (Å²) >= 11 is 0. The number of aryl methyl sites for hydroxylation is 1. The van der Waals surface area contributed by atoms with Gasteiger partial charge in [-0.25, -0.2) is 0 Å².